The number of nitrogens with zero attached hydrogens (tertiary/aromatic N) is 1. The zero-order valence-corrected chi connectivity index (χ0v) is 14.1. The number of Topliss-reactive ketones (excluding diaryl/α,β-unsaturated/α-hetero) is 1. The van der Waals surface area contributed by atoms with Gasteiger partial charge in [0.15, 0.2) is 5.78 Å². The minimum atomic E-state index is -0.794. The Labute approximate surface area is 145 Å². The second-order valence-corrected chi connectivity index (χ2v) is 7.19. The number of fused-ring (bicyclic) bond motifs is 1. The molecule has 1 amide bonds. The van der Waals surface area contributed by atoms with Crippen LogP contribution in [0.1, 0.15) is 42.5 Å². The summed E-state index contributed by atoms with van der Waals surface area (Å²) in [5.41, 5.74) is -0.233. The van der Waals surface area contributed by atoms with Crippen LogP contribution in [0.4, 0.5) is 0 Å². The van der Waals surface area contributed by atoms with E-state index >= 15 is 0 Å². The third-order valence-corrected chi connectivity index (χ3v) is 5.63. The molecule has 128 valence electrons. The molecular formula is C18H20ClNO4. The Morgan fingerprint density at radius 2 is 1.92 bits per heavy atom. The smallest absolute Gasteiger partial charge is 0.311 e. The van der Waals surface area contributed by atoms with Crippen LogP contribution in [-0.4, -0.2) is 40.8 Å². The number of carbonyl (C=O) groups is 3. The SMILES string of the molecule is O=C(CCC(=O)N1C[C@@H]2CCC[C@@]2(C(=O)O)C1)c1ccc(Cl)cc1. The van der Waals surface area contributed by atoms with Crippen molar-refractivity contribution in [3.8, 4) is 0 Å². The molecule has 1 aliphatic heterocycles. The predicted octanol–water partition coefficient (Wildman–Crippen LogP) is 3.02. The lowest BCUT2D eigenvalue weighted by Gasteiger charge is -2.23. The first-order chi connectivity index (χ1) is 11.4. The summed E-state index contributed by atoms with van der Waals surface area (Å²) in [6.45, 7) is 0.779. The van der Waals surface area contributed by atoms with Gasteiger partial charge in [-0.15, -0.1) is 0 Å². The molecule has 5 nitrogen and oxygen atoms in total. The summed E-state index contributed by atoms with van der Waals surface area (Å²) in [6.07, 6.45) is 2.65. The van der Waals surface area contributed by atoms with E-state index in [0.29, 0.717) is 23.6 Å². The monoisotopic (exact) mass is 349 g/mol. The highest BCUT2D eigenvalue weighted by Crippen LogP contribution is 2.49. The summed E-state index contributed by atoms with van der Waals surface area (Å²) < 4.78 is 0. The van der Waals surface area contributed by atoms with E-state index in [2.05, 4.69) is 0 Å². The van der Waals surface area contributed by atoms with Gasteiger partial charge in [0.2, 0.25) is 5.91 Å². The molecule has 1 aromatic rings. The largest absolute Gasteiger partial charge is 0.481 e. The second-order valence-electron chi connectivity index (χ2n) is 6.75. The molecule has 2 aliphatic rings. The number of ketones is 1. The number of likely N-dealkylation sites (tertiary alicyclic amines) is 1. The minimum Gasteiger partial charge on any atom is -0.481 e. The first-order valence-electron chi connectivity index (χ1n) is 8.22. The fourth-order valence-electron chi connectivity index (χ4n) is 3.99. The Balaban J connectivity index is 1.57. The zero-order valence-electron chi connectivity index (χ0n) is 13.3. The van der Waals surface area contributed by atoms with E-state index in [1.807, 2.05) is 0 Å². The molecular weight excluding hydrogens is 330 g/mol. The molecule has 1 aliphatic carbocycles. The summed E-state index contributed by atoms with van der Waals surface area (Å²) in [4.78, 5) is 37.8. The first kappa shape index (κ1) is 17.0. The molecule has 0 aromatic heterocycles. The van der Waals surface area contributed by atoms with Gasteiger partial charge >= 0.3 is 5.97 Å². The van der Waals surface area contributed by atoms with Gasteiger partial charge in [-0.3, -0.25) is 14.4 Å². The molecule has 6 heteroatoms. The third kappa shape index (κ3) is 3.05. The van der Waals surface area contributed by atoms with E-state index in [1.54, 1.807) is 29.2 Å². The average Bonchev–Trinajstić information content (AvgIpc) is 3.11. The summed E-state index contributed by atoms with van der Waals surface area (Å²) >= 11 is 5.80. The van der Waals surface area contributed by atoms with Crippen LogP contribution in [0.15, 0.2) is 24.3 Å². The molecule has 24 heavy (non-hydrogen) atoms. The average molecular weight is 350 g/mol. The molecule has 1 aromatic carbocycles. The van der Waals surface area contributed by atoms with Gasteiger partial charge < -0.3 is 10.0 Å². The normalized spacial score (nSPS) is 25.5. The van der Waals surface area contributed by atoms with Crippen LogP contribution in [0.25, 0.3) is 0 Å². The molecule has 0 radical (unpaired) electrons. The quantitative estimate of drug-likeness (QED) is 0.829. The van der Waals surface area contributed by atoms with Crippen molar-refractivity contribution in [1.29, 1.82) is 0 Å². The number of carbonyl (C=O) groups excluding carboxylic acids is 2. The van der Waals surface area contributed by atoms with Crippen LogP contribution in [0, 0.1) is 11.3 Å². The van der Waals surface area contributed by atoms with E-state index in [-0.39, 0.29) is 37.0 Å². The van der Waals surface area contributed by atoms with Gasteiger partial charge in [-0.1, -0.05) is 18.0 Å². The number of carboxylic acids is 1. The Morgan fingerprint density at radius 3 is 2.54 bits per heavy atom. The van der Waals surface area contributed by atoms with Crippen LogP contribution < -0.4 is 0 Å². The van der Waals surface area contributed by atoms with E-state index in [9.17, 15) is 19.5 Å². The molecule has 3 rings (SSSR count). The van der Waals surface area contributed by atoms with Crippen molar-refractivity contribution in [2.24, 2.45) is 11.3 Å². The van der Waals surface area contributed by atoms with E-state index in [4.69, 9.17) is 11.6 Å². The zero-order chi connectivity index (χ0) is 17.3. The summed E-state index contributed by atoms with van der Waals surface area (Å²) in [5.74, 6) is -0.983. The number of aliphatic carboxylic acids is 1. The van der Waals surface area contributed by atoms with Gasteiger partial charge in [0.1, 0.15) is 0 Å². The maximum Gasteiger partial charge on any atom is 0.311 e. The fraction of sp³-hybridized carbons (Fsp3) is 0.500. The standard InChI is InChI=1S/C18H20ClNO4/c19-14-5-3-12(4-6-14)15(21)7-8-16(22)20-10-13-2-1-9-18(13,11-20)17(23)24/h3-6,13H,1-2,7-11H2,(H,23,24)/t13-,18+/m0/s1. The van der Waals surface area contributed by atoms with Crippen molar-refractivity contribution in [3.05, 3.63) is 34.9 Å². The molecule has 0 spiro atoms. The van der Waals surface area contributed by atoms with Crippen LogP contribution in [-0.2, 0) is 9.59 Å². The molecule has 0 unspecified atom stereocenters. The van der Waals surface area contributed by atoms with Crippen LogP contribution in [0.3, 0.4) is 0 Å². The second kappa shape index (κ2) is 6.55. The molecule has 2 atom stereocenters. The Morgan fingerprint density at radius 1 is 1.21 bits per heavy atom. The van der Waals surface area contributed by atoms with Crippen molar-refractivity contribution in [1.82, 2.24) is 4.90 Å². The van der Waals surface area contributed by atoms with E-state index in [1.165, 1.54) is 0 Å². The van der Waals surface area contributed by atoms with Gasteiger partial charge in [-0.05, 0) is 43.0 Å². The Hall–Kier alpha value is -1.88. The summed E-state index contributed by atoms with van der Waals surface area (Å²) in [6, 6.07) is 6.59. The van der Waals surface area contributed by atoms with Gasteiger partial charge in [0.05, 0.1) is 5.41 Å². The highest BCUT2D eigenvalue weighted by atomic mass is 35.5. The van der Waals surface area contributed by atoms with Crippen molar-refractivity contribution < 1.29 is 19.5 Å². The highest BCUT2D eigenvalue weighted by molar-refractivity contribution is 6.30. The molecule has 0 bridgehead atoms. The van der Waals surface area contributed by atoms with Crippen LogP contribution in [0.5, 0.6) is 0 Å². The van der Waals surface area contributed by atoms with Crippen molar-refractivity contribution in [2.45, 2.75) is 32.1 Å². The topological polar surface area (TPSA) is 74.7 Å². The molecule has 1 heterocycles. The lowest BCUT2D eigenvalue weighted by molar-refractivity contribution is -0.149. The lowest BCUT2D eigenvalue weighted by atomic mass is 9.81. The lowest BCUT2D eigenvalue weighted by Crippen LogP contribution is -2.37. The summed E-state index contributed by atoms with van der Waals surface area (Å²) in [5, 5.41) is 10.1. The van der Waals surface area contributed by atoms with Gasteiger partial charge in [-0.2, -0.15) is 0 Å². The van der Waals surface area contributed by atoms with Crippen LogP contribution in [0.2, 0.25) is 5.02 Å². The minimum absolute atomic E-state index is 0.0471. The van der Waals surface area contributed by atoms with Crippen LogP contribution >= 0.6 is 11.6 Å². The van der Waals surface area contributed by atoms with Crippen molar-refractivity contribution in [2.75, 3.05) is 13.1 Å². The Kier molecular flexibility index (Phi) is 4.63. The van der Waals surface area contributed by atoms with E-state index < -0.39 is 11.4 Å². The van der Waals surface area contributed by atoms with Crippen molar-refractivity contribution >= 4 is 29.3 Å². The van der Waals surface area contributed by atoms with Gasteiger partial charge in [-0.25, -0.2) is 0 Å². The molecule has 1 saturated heterocycles. The van der Waals surface area contributed by atoms with Crippen molar-refractivity contribution in [3.63, 3.8) is 0 Å². The van der Waals surface area contributed by atoms with Gasteiger partial charge in [0, 0.05) is 36.5 Å². The number of hydrogen-bond acceptors (Lipinski definition) is 3. The molecule has 1 N–H and O–H groups in total. The maximum absolute atomic E-state index is 12.4. The maximum atomic E-state index is 12.4. The first-order valence-corrected chi connectivity index (χ1v) is 8.60. The highest BCUT2D eigenvalue weighted by Gasteiger charge is 2.55. The Bertz CT molecular complexity index is 672. The predicted molar refractivity (Wildman–Crippen MR) is 89.0 cm³/mol. The number of carboxylic acid groups (broad SMARTS) is 1. The fourth-order valence-corrected chi connectivity index (χ4v) is 4.11. The number of benzene rings is 1. The molecule has 2 fully saturated rings. The number of amides is 1. The number of halogens is 1. The van der Waals surface area contributed by atoms with E-state index in [0.717, 1.165) is 12.8 Å². The molecule has 1 saturated carbocycles. The third-order valence-electron chi connectivity index (χ3n) is 5.38. The number of hydrogen-bond donors (Lipinski definition) is 1. The summed E-state index contributed by atoms with van der Waals surface area (Å²) in [7, 11) is 0. The number of rotatable bonds is 5. The van der Waals surface area contributed by atoms with Gasteiger partial charge in [0.25, 0.3) is 0 Å².